The number of alkyl halides is 1. The molecule has 164 valence electrons. The predicted octanol–water partition coefficient (Wildman–Crippen LogP) is 7.34. The first-order chi connectivity index (χ1) is 13.4. The van der Waals surface area contributed by atoms with E-state index >= 15 is 0 Å². The van der Waals surface area contributed by atoms with Gasteiger partial charge in [-0.2, -0.15) is 0 Å². The molecular formula is C23H47IO3. The molecule has 0 fully saturated rings. The molecule has 0 aliphatic heterocycles. The van der Waals surface area contributed by atoms with Gasteiger partial charge in [0, 0.05) is 13.2 Å². The van der Waals surface area contributed by atoms with Crippen LogP contribution in [0.4, 0.5) is 0 Å². The Morgan fingerprint density at radius 1 is 0.407 bits per heavy atom. The van der Waals surface area contributed by atoms with Gasteiger partial charge in [0.05, 0.1) is 26.4 Å². The Hall–Kier alpha value is 0.610. The summed E-state index contributed by atoms with van der Waals surface area (Å²) in [6.45, 7) is 6.85. The van der Waals surface area contributed by atoms with E-state index in [0.29, 0.717) is 26.4 Å². The third-order valence-electron chi connectivity index (χ3n) is 4.81. The highest BCUT2D eigenvalue weighted by molar-refractivity contribution is 14.1. The van der Waals surface area contributed by atoms with Gasteiger partial charge in [-0.3, -0.25) is 0 Å². The van der Waals surface area contributed by atoms with Gasteiger partial charge < -0.3 is 14.2 Å². The molecule has 0 aliphatic rings. The van der Waals surface area contributed by atoms with Crippen molar-refractivity contribution >= 4 is 22.6 Å². The van der Waals surface area contributed by atoms with E-state index in [1.54, 1.807) is 0 Å². The molecule has 0 aliphatic carbocycles. The molecule has 0 aromatic heterocycles. The van der Waals surface area contributed by atoms with E-state index in [4.69, 9.17) is 14.2 Å². The molecule has 3 nitrogen and oxygen atoms in total. The summed E-state index contributed by atoms with van der Waals surface area (Å²) in [5.41, 5.74) is 0. The second-order valence-corrected chi connectivity index (χ2v) is 8.55. The van der Waals surface area contributed by atoms with Crippen LogP contribution in [0.25, 0.3) is 0 Å². The van der Waals surface area contributed by atoms with E-state index in [-0.39, 0.29) is 0 Å². The van der Waals surface area contributed by atoms with E-state index in [1.165, 1.54) is 101 Å². The van der Waals surface area contributed by atoms with Gasteiger partial charge in [-0.05, 0) is 23.7 Å². The summed E-state index contributed by atoms with van der Waals surface area (Å²) in [7, 11) is 0. The smallest absolute Gasteiger partial charge is 0.0701 e. The van der Waals surface area contributed by atoms with Crippen LogP contribution in [0.15, 0.2) is 0 Å². The Bertz CT molecular complexity index is 228. The maximum atomic E-state index is 5.63. The fourth-order valence-corrected chi connectivity index (χ4v) is 3.60. The molecule has 0 spiro atoms. The summed E-state index contributed by atoms with van der Waals surface area (Å²) >= 11 is 2.44. The summed E-state index contributed by atoms with van der Waals surface area (Å²) in [5, 5.41) is 0. The number of ether oxygens (including phenoxy) is 3. The van der Waals surface area contributed by atoms with Crippen LogP contribution in [0.1, 0.15) is 103 Å². The Morgan fingerprint density at radius 3 is 1.15 bits per heavy atom. The predicted molar refractivity (Wildman–Crippen MR) is 126 cm³/mol. The van der Waals surface area contributed by atoms with Gasteiger partial charge in [0.15, 0.2) is 0 Å². The van der Waals surface area contributed by atoms with E-state index < -0.39 is 0 Å². The van der Waals surface area contributed by atoms with E-state index in [1.807, 2.05) is 0 Å². The van der Waals surface area contributed by atoms with E-state index in [9.17, 15) is 0 Å². The molecule has 0 aromatic carbocycles. The van der Waals surface area contributed by atoms with Crippen LogP contribution in [-0.2, 0) is 14.2 Å². The molecular weight excluding hydrogens is 451 g/mol. The lowest BCUT2D eigenvalue weighted by Crippen LogP contribution is -2.10. The Kier molecular flexibility index (Phi) is 27.2. The minimum absolute atomic E-state index is 0.690. The molecule has 0 bridgehead atoms. The fraction of sp³-hybridized carbons (Fsp3) is 1.00. The van der Waals surface area contributed by atoms with Crippen LogP contribution in [-0.4, -0.2) is 44.1 Å². The number of unbranched alkanes of at least 4 members (excludes halogenated alkanes) is 13. The SMILES string of the molecule is CCCCCCCCCCCCCOCCOCCOCCCCCCI. The molecule has 0 atom stereocenters. The minimum Gasteiger partial charge on any atom is -0.379 e. The third kappa shape index (κ3) is 26.6. The van der Waals surface area contributed by atoms with Crippen LogP contribution >= 0.6 is 22.6 Å². The second-order valence-electron chi connectivity index (χ2n) is 7.48. The summed E-state index contributed by atoms with van der Waals surface area (Å²) in [4.78, 5) is 0. The summed E-state index contributed by atoms with van der Waals surface area (Å²) in [6, 6.07) is 0. The molecule has 27 heavy (non-hydrogen) atoms. The Balaban J connectivity index is 2.95. The monoisotopic (exact) mass is 498 g/mol. The molecule has 0 saturated heterocycles. The van der Waals surface area contributed by atoms with Crippen molar-refractivity contribution in [1.29, 1.82) is 0 Å². The van der Waals surface area contributed by atoms with Gasteiger partial charge in [0.25, 0.3) is 0 Å². The zero-order valence-electron chi connectivity index (χ0n) is 18.2. The average molecular weight is 499 g/mol. The quantitative estimate of drug-likeness (QED) is 0.0792. The van der Waals surface area contributed by atoms with E-state index in [2.05, 4.69) is 29.5 Å². The molecule has 0 amide bonds. The second kappa shape index (κ2) is 26.6. The van der Waals surface area contributed by atoms with Gasteiger partial charge in [-0.25, -0.2) is 0 Å². The summed E-state index contributed by atoms with van der Waals surface area (Å²) < 4.78 is 18.0. The van der Waals surface area contributed by atoms with Crippen molar-refractivity contribution in [3.05, 3.63) is 0 Å². The average Bonchev–Trinajstić information content (AvgIpc) is 2.68. The first-order valence-corrected chi connectivity index (χ1v) is 13.2. The number of halogens is 1. The van der Waals surface area contributed by atoms with Crippen molar-refractivity contribution in [1.82, 2.24) is 0 Å². The van der Waals surface area contributed by atoms with Gasteiger partial charge >= 0.3 is 0 Å². The fourth-order valence-electron chi connectivity index (χ4n) is 3.06. The Labute approximate surface area is 183 Å². The molecule has 0 unspecified atom stereocenters. The van der Waals surface area contributed by atoms with Gasteiger partial charge in [0.2, 0.25) is 0 Å². The van der Waals surface area contributed by atoms with Crippen LogP contribution < -0.4 is 0 Å². The molecule has 0 saturated carbocycles. The van der Waals surface area contributed by atoms with Gasteiger partial charge in [-0.1, -0.05) is 107 Å². The van der Waals surface area contributed by atoms with Crippen LogP contribution in [0.5, 0.6) is 0 Å². The number of rotatable bonds is 24. The zero-order chi connectivity index (χ0) is 19.7. The van der Waals surface area contributed by atoms with Crippen molar-refractivity contribution in [3.63, 3.8) is 0 Å². The molecule has 0 N–H and O–H groups in total. The topological polar surface area (TPSA) is 27.7 Å². The third-order valence-corrected chi connectivity index (χ3v) is 5.57. The van der Waals surface area contributed by atoms with Crippen LogP contribution in [0.3, 0.4) is 0 Å². The minimum atomic E-state index is 0.690. The highest BCUT2D eigenvalue weighted by Crippen LogP contribution is 2.11. The van der Waals surface area contributed by atoms with Crippen molar-refractivity contribution in [2.45, 2.75) is 103 Å². The lowest BCUT2D eigenvalue weighted by atomic mass is 10.1. The largest absolute Gasteiger partial charge is 0.379 e. The maximum Gasteiger partial charge on any atom is 0.0701 e. The van der Waals surface area contributed by atoms with Crippen molar-refractivity contribution < 1.29 is 14.2 Å². The van der Waals surface area contributed by atoms with Crippen molar-refractivity contribution in [3.8, 4) is 0 Å². The molecule has 0 radical (unpaired) electrons. The first-order valence-electron chi connectivity index (χ1n) is 11.7. The molecule has 0 aromatic rings. The van der Waals surface area contributed by atoms with Crippen molar-refractivity contribution in [2.75, 3.05) is 44.1 Å². The van der Waals surface area contributed by atoms with Crippen molar-refractivity contribution in [2.24, 2.45) is 0 Å². The first kappa shape index (κ1) is 27.6. The number of hydrogen-bond acceptors (Lipinski definition) is 3. The summed E-state index contributed by atoms with van der Waals surface area (Å²) in [5.74, 6) is 0. The van der Waals surface area contributed by atoms with Gasteiger partial charge in [-0.15, -0.1) is 0 Å². The molecule has 4 heteroatoms. The number of hydrogen-bond donors (Lipinski definition) is 0. The highest BCUT2D eigenvalue weighted by atomic mass is 127. The maximum absolute atomic E-state index is 5.63. The lowest BCUT2D eigenvalue weighted by molar-refractivity contribution is 0.0132. The van der Waals surface area contributed by atoms with Crippen LogP contribution in [0, 0.1) is 0 Å². The normalized spacial score (nSPS) is 11.3. The van der Waals surface area contributed by atoms with Crippen LogP contribution in [0.2, 0.25) is 0 Å². The Morgan fingerprint density at radius 2 is 0.741 bits per heavy atom. The lowest BCUT2D eigenvalue weighted by Gasteiger charge is -2.07. The molecule has 0 rings (SSSR count). The van der Waals surface area contributed by atoms with E-state index in [0.717, 1.165) is 13.2 Å². The highest BCUT2D eigenvalue weighted by Gasteiger charge is 1.95. The molecule has 0 heterocycles. The summed E-state index contributed by atoms with van der Waals surface area (Å²) in [6.07, 6.45) is 20.3. The zero-order valence-corrected chi connectivity index (χ0v) is 20.3. The van der Waals surface area contributed by atoms with Gasteiger partial charge in [0.1, 0.15) is 0 Å². The standard InChI is InChI=1S/C23H47IO3/c1-2-3-4-5-6-7-8-9-10-12-15-18-25-20-22-27-23-21-26-19-16-13-11-14-17-24/h2-23H2,1H3.